The van der Waals surface area contributed by atoms with Crippen LogP contribution in [0.3, 0.4) is 0 Å². The Hall–Kier alpha value is -4.29. The van der Waals surface area contributed by atoms with E-state index < -0.39 is 11.9 Å². The number of amides is 2. The van der Waals surface area contributed by atoms with Gasteiger partial charge in [0.2, 0.25) is 11.8 Å². The van der Waals surface area contributed by atoms with Crippen LogP contribution in [0.1, 0.15) is 12.8 Å². The molecule has 0 aliphatic rings. The van der Waals surface area contributed by atoms with Crippen LogP contribution in [-0.4, -0.2) is 89.0 Å². The van der Waals surface area contributed by atoms with Gasteiger partial charge in [0.1, 0.15) is 0 Å². The molecule has 3 rings (SSSR count). The van der Waals surface area contributed by atoms with E-state index in [0.717, 1.165) is 0 Å². The number of nitrogens with zero attached hydrogens (tertiary/aromatic N) is 2. The maximum absolute atomic E-state index is 13.0. The number of benzene rings is 2. The maximum atomic E-state index is 13.0. The Balaban J connectivity index is 1.72. The highest BCUT2D eigenvalue weighted by Crippen LogP contribution is 2.21. The quantitative estimate of drug-likeness (QED) is 0.225. The van der Waals surface area contributed by atoms with Crippen LogP contribution in [0.4, 0.5) is 11.4 Å². The van der Waals surface area contributed by atoms with E-state index >= 15 is 0 Å². The zero-order valence-electron chi connectivity index (χ0n) is 20.5. The molecule has 0 unspecified atom stereocenters. The number of carboxylic acids is 2. The van der Waals surface area contributed by atoms with E-state index in [1.54, 1.807) is 50.5 Å². The number of anilines is 2. The lowest BCUT2D eigenvalue weighted by molar-refractivity contribution is -0.139. The van der Waals surface area contributed by atoms with Crippen molar-refractivity contribution in [3.63, 3.8) is 0 Å². The molecule has 2 amide bonds. The number of fused-ring (bicyclic) bond motifs is 2. The van der Waals surface area contributed by atoms with Crippen LogP contribution < -0.4 is 16.1 Å². The second kappa shape index (κ2) is 12.1. The van der Waals surface area contributed by atoms with Crippen LogP contribution in [0, 0.1) is 0 Å². The summed E-state index contributed by atoms with van der Waals surface area (Å²) in [5, 5.41) is 24.0. The minimum Gasteiger partial charge on any atom is -0.480 e. The molecule has 1 aromatic heterocycles. The average Bonchev–Trinajstić information content (AvgIpc) is 2.80. The summed E-state index contributed by atoms with van der Waals surface area (Å²) in [4.78, 5) is 65.2. The largest absolute Gasteiger partial charge is 0.480 e. The summed E-state index contributed by atoms with van der Waals surface area (Å²) in [6.45, 7) is 0.221. The molecule has 196 valence electrons. The first kappa shape index (κ1) is 27.3. The zero-order valence-corrected chi connectivity index (χ0v) is 20.5. The third kappa shape index (κ3) is 7.85. The van der Waals surface area contributed by atoms with Crippen molar-refractivity contribution in [2.24, 2.45) is 0 Å². The van der Waals surface area contributed by atoms with E-state index in [-0.39, 0.29) is 56.3 Å². The van der Waals surface area contributed by atoms with Crippen molar-refractivity contribution in [1.29, 1.82) is 0 Å². The Kier molecular flexibility index (Phi) is 8.93. The van der Waals surface area contributed by atoms with Gasteiger partial charge in [-0.3, -0.25) is 33.8 Å². The van der Waals surface area contributed by atoms with Crippen molar-refractivity contribution in [3.05, 3.63) is 46.6 Å². The first-order chi connectivity index (χ1) is 17.5. The molecule has 0 saturated heterocycles. The van der Waals surface area contributed by atoms with Gasteiger partial charge in [0, 0.05) is 48.1 Å². The minimum absolute atomic E-state index is 0.102. The lowest BCUT2D eigenvalue weighted by Crippen LogP contribution is -2.29. The average molecular weight is 512 g/mol. The van der Waals surface area contributed by atoms with Crippen LogP contribution in [0.5, 0.6) is 0 Å². The van der Waals surface area contributed by atoms with Crippen molar-refractivity contribution in [2.45, 2.75) is 12.8 Å². The van der Waals surface area contributed by atoms with Gasteiger partial charge in [0.25, 0.3) is 0 Å². The molecule has 12 heteroatoms. The van der Waals surface area contributed by atoms with E-state index in [4.69, 9.17) is 10.2 Å². The van der Waals surface area contributed by atoms with Crippen molar-refractivity contribution < 1.29 is 29.4 Å². The Bertz CT molecular complexity index is 1300. The van der Waals surface area contributed by atoms with Crippen LogP contribution in [0.2, 0.25) is 0 Å². The molecule has 12 nitrogen and oxygen atoms in total. The molecule has 0 aliphatic heterocycles. The fourth-order valence-electron chi connectivity index (χ4n) is 3.79. The molecule has 5 N–H and O–H groups in total. The number of likely N-dealkylation sites (N-methyl/N-ethyl adjacent to an activating group) is 2. The normalized spacial score (nSPS) is 11.2. The Morgan fingerprint density at radius 1 is 0.757 bits per heavy atom. The van der Waals surface area contributed by atoms with E-state index in [0.29, 0.717) is 33.2 Å². The van der Waals surface area contributed by atoms with E-state index in [1.807, 2.05) is 0 Å². The summed E-state index contributed by atoms with van der Waals surface area (Å²) in [6.07, 6.45) is 0.205. The van der Waals surface area contributed by atoms with Gasteiger partial charge in [0.05, 0.1) is 24.1 Å². The molecule has 0 saturated carbocycles. The standard InChI is InChI=1S/C25H29N5O7/c1-29(13-23(33)34)9-7-21(31)26-15-3-5-17-19(11-15)28-20-12-16(4-6-18(20)25(17)37)27-22(32)8-10-30(2)14-24(35)36/h3-6,11-12H,7-10,13-14H2,1-2H3,(H,26,31)(H,27,32)(H,28,37)(H,33,34)(H,35,36). The summed E-state index contributed by atoms with van der Waals surface area (Å²) in [5.41, 5.74) is 1.74. The molecule has 0 aliphatic carbocycles. The predicted molar refractivity (Wildman–Crippen MR) is 139 cm³/mol. The van der Waals surface area contributed by atoms with Crippen LogP contribution in [0.15, 0.2) is 41.2 Å². The number of rotatable bonds is 12. The highest BCUT2D eigenvalue weighted by molar-refractivity contribution is 5.99. The SMILES string of the molecule is CN(CCC(=O)Nc1ccc2c(=O)c3ccc(NC(=O)CCN(C)CC(=O)O)cc3[nH]c2c1)CC(=O)O. The molecule has 3 aromatic rings. The van der Waals surface area contributed by atoms with Crippen molar-refractivity contribution in [3.8, 4) is 0 Å². The number of aromatic nitrogens is 1. The molecule has 0 atom stereocenters. The first-order valence-corrected chi connectivity index (χ1v) is 11.5. The van der Waals surface area contributed by atoms with Crippen molar-refractivity contribution in [2.75, 3.05) is 50.9 Å². The first-order valence-electron chi connectivity index (χ1n) is 11.5. The molecule has 0 fully saturated rings. The fraction of sp³-hybridized carbons (Fsp3) is 0.320. The second-order valence-corrected chi connectivity index (χ2v) is 8.83. The highest BCUT2D eigenvalue weighted by Gasteiger charge is 2.12. The van der Waals surface area contributed by atoms with Crippen LogP contribution in [0.25, 0.3) is 21.8 Å². The van der Waals surface area contributed by atoms with Gasteiger partial charge in [-0.25, -0.2) is 0 Å². The summed E-state index contributed by atoms with van der Waals surface area (Å²) < 4.78 is 0. The minimum atomic E-state index is -0.973. The Morgan fingerprint density at radius 3 is 1.54 bits per heavy atom. The number of aliphatic carboxylic acids is 2. The van der Waals surface area contributed by atoms with Crippen molar-refractivity contribution in [1.82, 2.24) is 14.8 Å². The summed E-state index contributed by atoms with van der Waals surface area (Å²) >= 11 is 0. The molecule has 37 heavy (non-hydrogen) atoms. The maximum Gasteiger partial charge on any atom is 0.317 e. The smallest absolute Gasteiger partial charge is 0.317 e. The number of carbonyl (C=O) groups excluding carboxylic acids is 2. The van der Waals surface area contributed by atoms with Crippen LogP contribution in [-0.2, 0) is 19.2 Å². The lowest BCUT2D eigenvalue weighted by Gasteiger charge is -2.14. The topological polar surface area (TPSA) is 172 Å². The summed E-state index contributed by atoms with van der Waals surface area (Å²) in [6, 6.07) is 9.75. The summed E-state index contributed by atoms with van der Waals surface area (Å²) in [5.74, 6) is -2.53. The second-order valence-electron chi connectivity index (χ2n) is 8.83. The van der Waals surface area contributed by atoms with Gasteiger partial charge >= 0.3 is 11.9 Å². The van der Waals surface area contributed by atoms with Gasteiger partial charge in [-0.15, -0.1) is 0 Å². The third-order valence-corrected chi connectivity index (χ3v) is 5.62. The molecule has 0 bridgehead atoms. The molecular weight excluding hydrogens is 482 g/mol. The van der Waals surface area contributed by atoms with Gasteiger partial charge < -0.3 is 25.8 Å². The van der Waals surface area contributed by atoms with E-state index in [9.17, 15) is 24.0 Å². The number of carbonyl (C=O) groups is 4. The predicted octanol–water partition coefficient (Wildman–Crippen LogP) is 1.37. The molecular formula is C25H29N5O7. The lowest BCUT2D eigenvalue weighted by atomic mass is 10.1. The number of hydrogen-bond acceptors (Lipinski definition) is 7. The van der Waals surface area contributed by atoms with Gasteiger partial charge in [-0.1, -0.05) is 0 Å². The van der Waals surface area contributed by atoms with Gasteiger partial charge in [-0.05, 0) is 50.5 Å². The third-order valence-electron chi connectivity index (χ3n) is 5.62. The molecule has 0 radical (unpaired) electrons. The van der Waals surface area contributed by atoms with E-state index in [2.05, 4.69) is 15.6 Å². The number of H-pyrrole nitrogens is 1. The Labute approximate surface area is 211 Å². The number of nitrogens with one attached hydrogen (secondary N) is 3. The molecule has 0 spiro atoms. The van der Waals surface area contributed by atoms with Gasteiger partial charge in [0.15, 0.2) is 5.43 Å². The number of hydrogen-bond donors (Lipinski definition) is 5. The fourth-order valence-corrected chi connectivity index (χ4v) is 3.79. The monoisotopic (exact) mass is 511 g/mol. The number of carboxylic acid groups (broad SMARTS) is 2. The van der Waals surface area contributed by atoms with Crippen molar-refractivity contribution >= 4 is 56.9 Å². The zero-order chi connectivity index (χ0) is 27.1. The van der Waals surface area contributed by atoms with Crippen LogP contribution >= 0.6 is 0 Å². The Morgan fingerprint density at radius 2 is 1.16 bits per heavy atom. The molecule has 1 heterocycles. The molecule has 2 aromatic carbocycles. The number of pyridine rings is 1. The number of aromatic amines is 1. The highest BCUT2D eigenvalue weighted by atomic mass is 16.4. The van der Waals surface area contributed by atoms with Gasteiger partial charge in [-0.2, -0.15) is 0 Å². The summed E-state index contributed by atoms with van der Waals surface area (Å²) in [7, 11) is 3.23. The van der Waals surface area contributed by atoms with E-state index in [1.165, 1.54) is 9.80 Å².